The van der Waals surface area contributed by atoms with E-state index in [1.54, 1.807) is 0 Å². The van der Waals surface area contributed by atoms with Crippen LogP contribution in [0, 0.1) is 0 Å². The molecule has 0 atom stereocenters. The molecule has 0 amide bonds. The first-order chi connectivity index (χ1) is 3.91. The van der Waals surface area contributed by atoms with Gasteiger partial charge in [0.2, 0.25) is 5.67 Å². The van der Waals surface area contributed by atoms with Gasteiger partial charge in [-0.3, -0.25) is 0 Å². The van der Waals surface area contributed by atoms with Gasteiger partial charge in [-0.05, 0) is 12.5 Å². The lowest BCUT2D eigenvalue weighted by atomic mass is 10.5. The van der Waals surface area contributed by atoms with Crippen molar-refractivity contribution in [2.75, 3.05) is 0 Å². The van der Waals surface area contributed by atoms with E-state index >= 15 is 0 Å². The first kappa shape index (κ1) is 7.50. The second-order valence-electron chi connectivity index (χ2n) is 1.06. The molecule has 2 nitrogen and oxygen atoms in total. The maximum atomic E-state index is 4.90. The topological polar surface area (TPSA) is 21.6 Å². The van der Waals surface area contributed by atoms with Crippen molar-refractivity contribution in [3.63, 3.8) is 0 Å². The number of rotatable bonds is 3. The average Bonchev–Trinajstić information content (AvgIpc) is 1.81. The molecule has 0 heterocycles. The molecule has 0 fully saturated rings. The van der Waals surface area contributed by atoms with Gasteiger partial charge in [0.25, 0.3) is 0 Å². The summed E-state index contributed by atoms with van der Waals surface area (Å²) in [6.45, 7) is 1.99. The van der Waals surface area contributed by atoms with Crippen LogP contribution in [0.3, 0.4) is 0 Å². The van der Waals surface area contributed by atoms with Crippen molar-refractivity contribution in [2.24, 2.45) is 5.16 Å². The van der Waals surface area contributed by atoms with E-state index in [4.69, 9.17) is 11.6 Å². The van der Waals surface area contributed by atoms with Gasteiger partial charge in [-0.1, -0.05) is 23.7 Å². The van der Waals surface area contributed by atoms with E-state index in [1.807, 2.05) is 18.7 Å². The number of halogens is 1. The van der Waals surface area contributed by atoms with Gasteiger partial charge in [0.15, 0.2) is 0 Å². The molecule has 0 spiro atoms. The predicted molar refractivity (Wildman–Crippen MR) is 33.8 cm³/mol. The molecule has 0 aliphatic carbocycles. The van der Waals surface area contributed by atoms with E-state index in [-0.39, 0.29) is 0 Å². The van der Waals surface area contributed by atoms with Crippen LogP contribution in [0.2, 0.25) is 0 Å². The molecule has 0 aromatic rings. The lowest BCUT2D eigenvalue weighted by Gasteiger charge is -1.80. The van der Waals surface area contributed by atoms with Crippen LogP contribution in [0.25, 0.3) is 0 Å². The van der Waals surface area contributed by atoms with Gasteiger partial charge in [-0.25, -0.2) is 0 Å². The highest BCUT2D eigenvalue weighted by Crippen LogP contribution is 1.81. The highest BCUT2D eigenvalue weighted by atomic mass is 35.5. The van der Waals surface area contributed by atoms with E-state index in [9.17, 15) is 0 Å². The minimum Gasteiger partial charge on any atom is -0.364 e. The fourth-order valence-corrected chi connectivity index (χ4v) is 0.229. The molecule has 0 aromatic heterocycles. The maximum Gasteiger partial charge on any atom is 0.209 e. The molecule has 0 saturated heterocycles. The summed E-state index contributed by atoms with van der Waals surface area (Å²) in [5, 5.41) is 3.14. The van der Waals surface area contributed by atoms with Crippen LogP contribution in [0.5, 0.6) is 0 Å². The van der Waals surface area contributed by atoms with Gasteiger partial charge in [0.05, 0.1) is 0 Å². The molecule has 0 unspecified atom stereocenters. The zero-order valence-corrected chi connectivity index (χ0v) is 5.35. The fraction of sp³-hybridized carbons (Fsp3) is 0.400. The molecule has 0 aromatic carbocycles. The number of allylic oxidation sites excluding steroid dienone is 1. The summed E-state index contributed by atoms with van der Waals surface area (Å²) in [7, 11) is 0. The summed E-state index contributed by atoms with van der Waals surface area (Å²) in [6, 6.07) is 0. The maximum absolute atomic E-state index is 4.90. The van der Waals surface area contributed by atoms with E-state index < -0.39 is 0 Å². The number of hydrogen-bond donors (Lipinski definition) is 0. The van der Waals surface area contributed by atoms with Crippen LogP contribution >= 0.6 is 11.6 Å². The first-order valence-electron chi connectivity index (χ1n) is 2.28. The minimum atomic E-state index is 0.928. The molecule has 0 saturated carbocycles. The Bertz CT molecular complexity index is 90.4. The van der Waals surface area contributed by atoms with Crippen LogP contribution in [0.1, 0.15) is 13.3 Å². The predicted octanol–water partition coefficient (Wildman–Crippen LogP) is 1.99. The van der Waals surface area contributed by atoms with Gasteiger partial charge in [-0.15, -0.1) is 0 Å². The summed E-state index contributed by atoms with van der Waals surface area (Å²) < 4.78 is 0. The highest BCUT2D eigenvalue weighted by molar-refractivity contribution is 6.56. The van der Waals surface area contributed by atoms with Gasteiger partial charge >= 0.3 is 0 Å². The van der Waals surface area contributed by atoms with E-state index in [1.165, 1.54) is 6.26 Å². The highest BCUT2D eigenvalue weighted by Gasteiger charge is 1.65. The fourth-order valence-electron chi connectivity index (χ4n) is 0.190. The summed E-state index contributed by atoms with van der Waals surface area (Å²) in [5.74, 6) is 0. The van der Waals surface area contributed by atoms with Crippen LogP contribution in [-0.2, 0) is 4.84 Å². The Balaban J connectivity index is 3.03. The Hall–Kier alpha value is -0.500. The Labute approximate surface area is 53.8 Å². The third-order valence-electron chi connectivity index (χ3n) is 0.480. The van der Waals surface area contributed by atoms with Crippen molar-refractivity contribution < 1.29 is 4.84 Å². The SMILES string of the molecule is CCC=CO/N=[C]/Cl. The van der Waals surface area contributed by atoms with Crippen LogP contribution in [-0.4, -0.2) is 5.67 Å². The van der Waals surface area contributed by atoms with Gasteiger partial charge in [0, 0.05) is 0 Å². The quantitative estimate of drug-likeness (QED) is 0.327. The van der Waals surface area contributed by atoms with Crippen LogP contribution in [0.4, 0.5) is 0 Å². The van der Waals surface area contributed by atoms with Crippen molar-refractivity contribution in [3.05, 3.63) is 12.3 Å². The lowest BCUT2D eigenvalue weighted by molar-refractivity contribution is 0.270. The second kappa shape index (κ2) is 6.50. The molecule has 0 aliphatic heterocycles. The zero-order chi connectivity index (χ0) is 6.24. The summed E-state index contributed by atoms with van der Waals surface area (Å²) >= 11 is 4.90. The molecule has 1 radical (unpaired) electrons. The van der Waals surface area contributed by atoms with Crippen molar-refractivity contribution in [1.29, 1.82) is 0 Å². The van der Waals surface area contributed by atoms with E-state index in [0.29, 0.717) is 0 Å². The molecular formula is C5H7ClNO. The molecular weight excluding hydrogens is 126 g/mol. The largest absolute Gasteiger partial charge is 0.364 e. The van der Waals surface area contributed by atoms with Crippen LogP contribution in [0.15, 0.2) is 17.5 Å². The Morgan fingerprint density at radius 3 is 3.12 bits per heavy atom. The molecule has 3 heteroatoms. The van der Waals surface area contributed by atoms with Crippen molar-refractivity contribution >= 4 is 17.3 Å². The third kappa shape index (κ3) is 5.50. The van der Waals surface area contributed by atoms with Crippen molar-refractivity contribution in [2.45, 2.75) is 13.3 Å². The van der Waals surface area contributed by atoms with E-state index in [2.05, 4.69) is 9.99 Å². The summed E-state index contributed by atoms with van der Waals surface area (Å²) in [6.07, 6.45) is 4.20. The zero-order valence-electron chi connectivity index (χ0n) is 4.60. The lowest BCUT2D eigenvalue weighted by Crippen LogP contribution is -1.63. The molecule has 8 heavy (non-hydrogen) atoms. The standard InChI is InChI=1S/C5H7ClNO/c1-2-3-4-8-7-5-6/h3-4H,2H2,1H3. The van der Waals surface area contributed by atoms with Crippen molar-refractivity contribution in [1.82, 2.24) is 0 Å². The average molecular weight is 133 g/mol. The molecule has 45 valence electrons. The second-order valence-corrected chi connectivity index (χ2v) is 1.23. The van der Waals surface area contributed by atoms with Crippen molar-refractivity contribution in [3.8, 4) is 0 Å². The van der Waals surface area contributed by atoms with E-state index in [0.717, 1.165) is 6.42 Å². The van der Waals surface area contributed by atoms with Crippen LogP contribution < -0.4 is 0 Å². The Kier molecular flexibility index (Phi) is 6.09. The van der Waals surface area contributed by atoms with Gasteiger partial charge in [0.1, 0.15) is 6.26 Å². The smallest absolute Gasteiger partial charge is 0.209 e. The summed E-state index contributed by atoms with van der Waals surface area (Å²) in [4.78, 5) is 4.42. The monoisotopic (exact) mass is 132 g/mol. The minimum absolute atomic E-state index is 0.928. The van der Waals surface area contributed by atoms with Gasteiger partial charge < -0.3 is 4.84 Å². The molecule has 0 aliphatic rings. The number of nitrogens with zero attached hydrogens (tertiary/aromatic N) is 1. The number of hydrogen-bond acceptors (Lipinski definition) is 2. The van der Waals surface area contributed by atoms with Gasteiger partial charge in [-0.2, -0.15) is 0 Å². The third-order valence-corrected chi connectivity index (χ3v) is 0.549. The molecule has 0 N–H and O–H groups in total. The Morgan fingerprint density at radius 2 is 2.62 bits per heavy atom. The normalized spacial score (nSPS) is 11.2. The molecule has 0 rings (SSSR count). The summed E-state index contributed by atoms with van der Waals surface area (Å²) in [5.41, 5.74) is 1.95. The first-order valence-corrected chi connectivity index (χ1v) is 2.66. The molecule has 0 bridgehead atoms. The Morgan fingerprint density at radius 1 is 1.88 bits per heavy atom.